The zero-order valence-corrected chi connectivity index (χ0v) is 9.75. The Bertz CT molecular complexity index is 561. The van der Waals surface area contributed by atoms with Gasteiger partial charge < -0.3 is 0 Å². The zero-order valence-electron chi connectivity index (χ0n) is 9.75. The van der Waals surface area contributed by atoms with Crippen LogP contribution >= 0.6 is 0 Å². The Labute approximate surface area is 96.3 Å². The number of rotatable bonds is 2. The van der Waals surface area contributed by atoms with Gasteiger partial charge in [-0.05, 0) is 34.7 Å². The second kappa shape index (κ2) is 4.37. The summed E-state index contributed by atoms with van der Waals surface area (Å²) in [6.07, 6.45) is 1.92. The summed E-state index contributed by atoms with van der Waals surface area (Å²) in [7, 11) is 0. The highest BCUT2D eigenvalue weighted by atomic mass is 14.3. The quantitative estimate of drug-likeness (QED) is 0.737. The molecule has 0 N–H and O–H groups in total. The third-order valence-electron chi connectivity index (χ3n) is 3.10. The van der Waals surface area contributed by atoms with Crippen molar-refractivity contribution in [2.75, 3.05) is 0 Å². The molecule has 0 aliphatic carbocycles. The van der Waals surface area contributed by atoms with Crippen LogP contribution in [-0.2, 0) is 12.8 Å². The molecule has 0 amide bonds. The highest BCUT2D eigenvalue weighted by molar-refractivity contribution is 5.90. The van der Waals surface area contributed by atoms with E-state index in [0.29, 0.717) is 0 Å². The molecule has 16 heavy (non-hydrogen) atoms. The average molecular weight is 209 g/mol. The lowest BCUT2D eigenvalue weighted by Gasteiger charge is -2.11. The molecule has 1 nitrogen and oxygen atoms in total. The van der Waals surface area contributed by atoms with Crippen LogP contribution in [0.4, 0.5) is 0 Å². The van der Waals surface area contributed by atoms with Gasteiger partial charge in [-0.1, -0.05) is 44.2 Å². The van der Waals surface area contributed by atoms with Crippen LogP contribution in [0.25, 0.3) is 10.8 Å². The molecule has 0 saturated heterocycles. The summed E-state index contributed by atoms with van der Waals surface area (Å²) in [4.78, 5) is 0. The highest BCUT2D eigenvalue weighted by Crippen LogP contribution is 2.26. The van der Waals surface area contributed by atoms with E-state index in [1.165, 1.54) is 16.5 Å². The van der Waals surface area contributed by atoms with Gasteiger partial charge in [-0.25, -0.2) is 0 Å². The lowest BCUT2D eigenvalue weighted by molar-refractivity contribution is 1.04. The van der Waals surface area contributed by atoms with Crippen LogP contribution in [0, 0.1) is 11.3 Å². The minimum atomic E-state index is 0.859. The molecule has 0 atom stereocenters. The fourth-order valence-electron chi connectivity index (χ4n) is 2.30. The molecule has 0 spiro atoms. The second-order valence-corrected chi connectivity index (χ2v) is 3.93. The summed E-state index contributed by atoms with van der Waals surface area (Å²) in [5.74, 6) is 0. The Morgan fingerprint density at radius 2 is 1.88 bits per heavy atom. The normalized spacial score (nSPS) is 10.3. The van der Waals surface area contributed by atoms with Crippen molar-refractivity contribution in [1.29, 1.82) is 5.26 Å². The topological polar surface area (TPSA) is 23.8 Å². The van der Waals surface area contributed by atoms with E-state index in [2.05, 4.69) is 32.0 Å². The maximum Gasteiger partial charge on any atom is 0.100 e. The van der Waals surface area contributed by atoms with Crippen molar-refractivity contribution in [3.05, 3.63) is 47.0 Å². The summed E-state index contributed by atoms with van der Waals surface area (Å²) >= 11 is 0. The predicted molar refractivity (Wildman–Crippen MR) is 67.4 cm³/mol. The number of nitriles is 1. The van der Waals surface area contributed by atoms with Gasteiger partial charge in [0.15, 0.2) is 0 Å². The van der Waals surface area contributed by atoms with Gasteiger partial charge in [0.2, 0.25) is 0 Å². The Balaban J connectivity index is 2.89. The molecule has 0 unspecified atom stereocenters. The number of nitrogens with zero attached hydrogens (tertiary/aromatic N) is 1. The molecule has 0 saturated carbocycles. The van der Waals surface area contributed by atoms with Crippen LogP contribution in [0.5, 0.6) is 0 Å². The van der Waals surface area contributed by atoms with Gasteiger partial charge in [0.25, 0.3) is 0 Å². The molecule has 0 bridgehead atoms. The van der Waals surface area contributed by atoms with E-state index in [-0.39, 0.29) is 0 Å². The smallest absolute Gasteiger partial charge is 0.100 e. The first-order valence-corrected chi connectivity index (χ1v) is 5.75. The molecule has 2 aromatic carbocycles. The molecule has 0 fully saturated rings. The maximum atomic E-state index is 9.32. The molecule has 1 heteroatoms. The van der Waals surface area contributed by atoms with Gasteiger partial charge in [0.1, 0.15) is 6.07 Å². The Morgan fingerprint density at radius 3 is 2.50 bits per heavy atom. The molecule has 0 aliphatic rings. The Hall–Kier alpha value is -1.81. The van der Waals surface area contributed by atoms with Gasteiger partial charge >= 0.3 is 0 Å². The van der Waals surface area contributed by atoms with Gasteiger partial charge in [-0.15, -0.1) is 0 Å². The van der Waals surface area contributed by atoms with Gasteiger partial charge in [0.05, 0.1) is 5.56 Å². The number of hydrogen-bond acceptors (Lipinski definition) is 1. The summed E-state index contributed by atoms with van der Waals surface area (Å²) in [5, 5.41) is 11.6. The number of fused-ring (bicyclic) bond motifs is 1. The van der Waals surface area contributed by atoms with E-state index < -0.39 is 0 Å². The van der Waals surface area contributed by atoms with Crippen LogP contribution in [0.15, 0.2) is 30.3 Å². The summed E-state index contributed by atoms with van der Waals surface area (Å²) in [6, 6.07) is 12.7. The van der Waals surface area contributed by atoms with Crippen molar-refractivity contribution in [1.82, 2.24) is 0 Å². The largest absolute Gasteiger partial charge is 0.192 e. The van der Waals surface area contributed by atoms with E-state index in [1.807, 2.05) is 18.2 Å². The molecule has 0 heterocycles. The van der Waals surface area contributed by atoms with Crippen molar-refractivity contribution >= 4 is 10.8 Å². The van der Waals surface area contributed by atoms with Crippen molar-refractivity contribution in [3.63, 3.8) is 0 Å². The fourth-order valence-corrected chi connectivity index (χ4v) is 2.30. The first-order valence-electron chi connectivity index (χ1n) is 5.75. The molecular formula is C15H15N. The van der Waals surface area contributed by atoms with Crippen LogP contribution in [-0.4, -0.2) is 0 Å². The standard InChI is InChI=1S/C15H15N/c1-3-11-9-12-7-5-6-8-14(12)15(10-16)13(11)4-2/h5-9H,3-4H2,1-2H3. The Kier molecular flexibility index (Phi) is 2.92. The van der Waals surface area contributed by atoms with Crippen molar-refractivity contribution < 1.29 is 0 Å². The van der Waals surface area contributed by atoms with E-state index >= 15 is 0 Å². The number of hydrogen-bond donors (Lipinski definition) is 0. The van der Waals surface area contributed by atoms with Crippen molar-refractivity contribution in [2.24, 2.45) is 0 Å². The summed E-state index contributed by atoms with van der Waals surface area (Å²) in [5.41, 5.74) is 3.37. The average Bonchev–Trinajstić information content (AvgIpc) is 2.36. The molecule has 80 valence electrons. The van der Waals surface area contributed by atoms with Gasteiger partial charge in [0, 0.05) is 0 Å². The Morgan fingerprint density at radius 1 is 1.12 bits per heavy atom. The molecule has 0 aromatic heterocycles. The third kappa shape index (κ3) is 1.57. The molecule has 2 rings (SSSR count). The van der Waals surface area contributed by atoms with Crippen LogP contribution in [0.2, 0.25) is 0 Å². The van der Waals surface area contributed by atoms with E-state index in [0.717, 1.165) is 23.8 Å². The molecule has 2 aromatic rings. The van der Waals surface area contributed by atoms with Crippen LogP contribution in [0.1, 0.15) is 30.5 Å². The van der Waals surface area contributed by atoms with Crippen molar-refractivity contribution in [2.45, 2.75) is 26.7 Å². The minimum absolute atomic E-state index is 0.859. The lowest BCUT2D eigenvalue weighted by atomic mass is 9.92. The third-order valence-corrected chi connectivity index (χ3v) is 3.10. The van der Waals surface area contributed by atoms with Gasteiger partial charge in [-0.2, -0.15) is 5.26 Å². The van der Waals surface area contributed by atoms with Crippen molar-refractivity contribution in [3.8, 4) is 6.07 Å². The second-order valence-electron chi connectivity index (χ2n) is 3.93. The molecule has 0 radical (unpaired) electrons. The molecule has 0 aliphatic heterocycles. The first kappa shape index (κ1) is 10.7. The van der Waals surface area contributed by atoms with E-state index in [9.17, 15) is 5.26 Å². The SMILES string of the molecule is CCc1cc2ccccc2c(C#N)c1CC. The van der Waals surface area contributed by atoms with Crippen LogP contribution < -0.4 is 0 Å². The zero-order chi connectivity index (χ0) is 11.5. The lowest BCUT2D eigenvalue weighted by Crippen LogP contribution is -1.97. The fraction of sp³-hybridized carbons (Fsp3) is 0.267. The number of aryl methyl sites for hydroxylation is 1. The minimum Gasteiger partial charge on any atom is -0.192 e. The predicted octanol–water partition coefficient (Wildman–Crippen LogP) is 3.84. The first-order chi connectivity index (χ1) is 7.81. The summed E-state index contributed by atoms with van der Waals surface area (Å²) < 4.78 is 0. The maximum absolute atomic E-state index is 9.32. The van der Waals surface area contributed by atoms with E-state index in [4.69, 9.17) is 0 Å². The molecular weight excluding hydrogens is 194 g/mol. The summed E-state index contributed by atoms with van der Waals surface area (Å²) in [6.45, 7) is 4.26. The highest BCUT2D eigenvalue weighted by Gasteiger charge is 2.10. The van der Waals surface area contributed by atoms with Gasteiger partial charge in [-0.3, -0.25) is 0 Å². The number of benzene rings is 2. The monoisotopic (exact) mass is 209 g/mol. The van der Waals surface area contributed by atoms with Crippen LogP contribution in [0.3, 0.4) is 0 Å². The van der Waals surface area contributed by atoms with E-state index in [1.54, 1.807) is 0 Å².